The highest BCUT2D eigenvalue weighted by Crippen LogP contribution is 2.32. The first-order chi connectivity index (χ1) is 9.29. The van der Waals surface area contributed by atoms with Gasteiger partial charge in [-0.15, -0.1) is 0 Å². The monoisotopic (exact) mass is 302 g/mol. The number of amides is 1. The molecule has 1 aromatic rings. The number of anilines is 1. The zero-order chi connectivity index (χ0) is 14.9. The Hall–Kier alpha value is -1.50. The van der Waals surface area contributed by atoms with Crippen LogP contribution in [0.5, 0.6) is 0 Å². The second-order valence-corrected chi connectivity index (χ2v) is 5.51. The van der Waals surface area contributed by atoms with Gasteiger partial charge in [-0.3, -0.25) is 14.7 Å². The smallest absolute Gasteiger partial charge is 0.273 e. The first-order valence-corrected chi connectivity index (χ1v) is 6.98. The van der Waals surface area contributed by atoms with E-state index in [4.69, 9.17) is 0 Å². The standard InChI is InChI=1S/C13H13F3N2OS/c1-8(2)17-12-18(11(19)7-20-12)10-5-3-9(4-6-10)13(14,15)16/h3-6,8H,7H2,1-2H3. The summed E-state index contributed by atoms with van der Waals surface area (Å²) in [5, 5.41) is 0.532. The Morgan fingerprint density at radius 2 is 1.85 bits per heavy atom. The molecule has 7 heteroatoms. The quantitative estimate of drug-likeness (QED) is 0.837. The van der Waals surface area contributed by atoms with Crippen molar-refractivity contribution in [3.8, 4) is 0 Å². The lowest BCUT2D eigenvalue weighted by molar-refractivity contribution is -0.137. The number of nitrogens with zero attached hydrogens (tertiary/aromatic N) is 2. The molecule has 0 unspecified atom stereocenters. The summed E-state index contributed by atoms with van der Waals surface area (Å²) in [7, 11) is 0. The molecular formula is C13H13F3N2OS. The van der Waals surface area contributed by atoms with Crippen molar-refractivity contribution in [1.82, 2.24) is 0 Å². The van der Waals surface area contributed by atoms with Crippen LogP contribution in [0.4, 0.5) is 18.9 Å². The lowest BCUT2D eigenvalue weighted by Gasteiger charge is -2.17. The van der Waals surface area contributed by atoms with Gasteiger partial charge in [0.25, 0.3) is 0 Å². The number of alkyl halides is 3. The number of amidine groups is 1. The molecule has 1 aliphatic heterocycles. The molecule has 0 radical (unpaired) electrons. The van der Waals surface area contributed by atoms with Crippen LogP contribution in [0.15, 0.2) is 29.3 Å². The maximum absolute atomic E-state index is 12.5. The molecule has 1 aliphatic rings. The van der Waals surface area contributed by atoms with Crippen LogP contribution >= 0.6 is 11.8 Å². The highest BCUT2D eigenvalue weighted by Gasteiger charge is 2.32. The third-order valence-electron chi connectivity index (χ3n) is 2.59. The molecule has 0 atom stereocenters. The lowest BCUT2D eigenvalue weighted by Crippen LogP contribution is -2.29. The molecule has 1 aromatic carbocycles. The minimum atomic E-state index is -4.38. The van der Waals surface area contributed by atoms with Crippen LogP contribution in [0.25, 0.3) is 0 Å². The molecule has 1 heterocycles. The topological polar surface area (TPSA) is 32.7 Å². The van der Waals surface area contributed by atoms with Gasteiger partial charge in [-0.2, -0.15) is 13.2 Å². The van der Waals surface area contributed by atoms with Crippen LogP contribution in [0, 0.1) is 0 Å². The number of aliphatic imine (C=N–C) groups is 1. The van der Waals surface area contributed by atoms with Crippen molar-refractivity contribution >= 4 is 28.5 Å². The zero-order valence-corrected chi connectivity index (χ0v) is 11.8. The van der Waals surface area contributed by atoms with Crippen molar-refractivity contribution < 1.29 is 18.0 Å². The number of hydrogen-bond donors (Lipinski definition) is 0. The predicted octanol–water partition coefficient (Wildman–Crippen LogP) is 3.55. The molecule has 0 spiro atoms. The third-order valence-corrected chi connectivity index (χ3v) is 3.52. The number of thioether (sulfide) groups is 1. The lowest BCUT2D eigenvalue weighted by atomic mass is 10.2. The maximum atomic E-state index is 12.5. The molecule has 1 saturated heterocycles. The summed E-state index contributed by atoms with van der Waals surface area (Å²) in [6.07, 6.45) is -4.38. The number of benzene rings is 1. The minimum Gasteiger partial charge on any atom is -0.273 e. The summed E-state index contributed by atoms with van der Waals surface area (Å²) in [6.45, 7) is 3.75. The van der Waals surface area contributed by atoms with Crippen molar-refractivity contribution in [1.29, 1.82) is 0 Å². The van der Waals surface area contributed by atoms with Gasteiger partial charge in [-0.1, -0.05) is 11.8 Å². The maximum Gasteiger partial charge on any atom is 0.416 e. The van der Waals surface area contributed by atoms with Crippen LogP contribution in [0.2, 0.25) is 0 Å². The van der Waals surface area contributed by atoms with Crippen molar-refractivity contribution in [3.63, 3.8) is 0 Å². The summed E-state index contributed by atoms with van der Waals surface area (Å²) < 4.78 is 37.5. The Morgan fingerprint density at radius 3 is 2.35 bits per heavy atom. The van der Waals surface area contributed by atoms with Gasteiger partial charge in [0.05, 0.1) is 17.0 Å². The molecule has 3 nitrogen and oxygen atoms in total. The second kappa shape index (κ2) is 5.47. The van der Waals surface area contributed by atoms with Crippen LogP contribution in [0.1, 0.15) is 19.4 Å². The van der Waals surface area contributed by atoms with Crippen LogP contribution < -0.4 is 4.90 Å². The molecular weight excluding hydrogens is 289 g/mol. The van der Waals surface area contributed by atoms with Crippen LogP contribution in [-0.2, 0) is 11.0 Å². The molecule has 0 aromatic heterocycles. The summed E-state index contributed by atoms with van der Waals surface area (Å²) in [6, 6.07) is 4.54. The Labute approximate surface area is 118 Å². The van der Waals surface area contributed by atoms with Gasteiger partial charge in [0.15, 0.2) is 5.17 Å². The van der Waals surface area contributed by atoms with Crippen LogP contribution in [-0.4, -0.2) is 22.9 Å². The molecule has 0 aliphatic carbocycles. The van der Waals surface area contributed by atoms with Crippen molar-refractivity contribution in [2.75, 3.05) is 10.7 Å². The molecule has 0 N–H and O–H groups in total. The SMILES string of the molecule is CC(C)N=C1SCC(=O)N1c1ccc(C(F)(F)F)cc1. The summed E-state index contributed by atoms with van der Waals surface area (Å²) >= 11 is 1.30. The van der Waals surface area contributed by atoms with E-state index < -0.39 is 11.7 Å². The first-order valence-electron chi connectivity index (χ1n) is 6.00. The molecule has 108 valence electrons. The highest BCUT2D eigenvalue weighted by molar-refractivity contribution is 8.15. The van der Waals surface area contributed by atoms with Gasteiger partial charge in [0, 0.05) is 6.04 Å². The van der Waals surface area contributed by atoms with Crippen molar-refractivity contribution in [2.45, 2.75) is 26.1 Å². The van der Waals surface area contributed by atoms with E-state index in [2.05, 4.69) is 4.99 Å². The van der Waals surface area contributed by atoms with E-state index in [1.807, 2.05) is 13.8 Å². The average Bonchev–Trinajstić information content (AvgIpc) is 2.69. The number of carbonyl (C=O) groups excluding carboxylic acids is 1. The number of rotatable bonds is 2. The normalized spacial score (nSPS) is 18.4. The number of halogens is 3. The largest absolute Gasteiger partial charge is 0.416 e. The summed E-state index contributed by atoms with van der Waals surface area (Å²) in [5.74, 6) is 0.0844. The fourth-order valence-electron chi connectivity index (χ4n) is 1.73. The summed E-state index contributed by atoms with van der Waals surface area (Å²) in [4.78, 5) is 17.5. The molecule has 0 bridgehead atoms. The van der Waals surface area contributed by atoms with Gasteiger partial charge < -0.3 is 0 Å². The molecule has 1 amide bonds. The van der Waals surface area contributed by atoms with E-state index in [-0.39, 0.29) is 17.7 Å². The third kappa shape index (κ3) is 3.15. The van der Waals surface area contributed by atoms with Crippen molar-refractivity contribution in [3.05, 3.63) is 29.8 Å². The highest BCUT2D eigenvalue weighted by atomic mass is 32.2. The van der Waals surface area contributed by atoms with Crippen molar-refractivity contribution in [2.24, 2.45) is 4.99 Å². The summed E-state index contributed by atoms with van der Waals surface area (Å²) in [5.41, 5.74) is -0.324. The average molecular weight is 302 g/mol. The second-order valence-electron chi connectivity index (χ2n) is 4.57. The Morgan fingerprint density at radius 1 is 1.25 bits per heavy atom. The van der Waals surface area contributed by atoms with Gasteiger partial charge in [0.1, 0.15) is 0 Å². The van der Waals surface area contributed by atoms with E-state index in [0.29, 0.717) is 10.9 Å². The molecule has 2 rings (SSSR count). The predicted molar refractivity (Wildman–Crippen MR) is 74.0 cm³/mol. The Balaban J connectivity index is 2.32. The van der Waals surface area contributed by atoms with E-state index >= 15 is 0 Å². The van der Waals surface area contributed by atoms with Gasteiger partial charge in [-0.25, -0.2) is 0 Å². The molecule has 1 fully saturated rings. The van der Waals surface area contributed by atoms with Crippen LogP contribution in [0.3, 0.4) is 0 Å². The van der Waals surface area contributed by atoms with Gasteiger partial charge in [0.2, 0.25) is 5.91 Å². The van der Waals surface area contributed by atoms with Gasteiger partial charge >= 0.3 is 6.18 Å². The van der Waals surface area contributed by atoms with E-state index in [1.165, 1.54) is 28.8 Å². The number of carbonyl (C=O) groups is 1. The first kappa shape index (κ1) is 14.9. The Kier molecular flexibility index (Phi) is 4.08. The van der Waals surface area contributed by atoms with E-state index in [1.54, 1.807) is 0 Å². The zero-order valence-electron chi connectivity index (χ0n) is 10.9. The fraction of sp³-hybridized carbons (Fsp3) is 0.385. The van der Waals surface area contributed by atoms with E-state index in [0.717, 1.165) is 12.1 Å². The fourth-order valence-corrected chi connectivity index (χ4v) is 2.74. The van der Waals surface area contributed by atoms with Gasteiger partial charge in [-0.05, 0) is 38.1 Å². The Bertz CT molecular complexity index is 538. The molecule has 20 heavy (non-hydrogen) atoms. The molecule has 0 saturated carbocycles. The minimum absolute atomic E-state index is 0.0142. The van der Waals surface area contributed by atoms with E-state index in [9.17, 15) is 18.0 Å². The number of hydrogen-bond acceptors (Lipinski definition) is 3.